The molecule has 0 bridgehead atoms. The molecule has 0 saturated heterocycles. The van der Waals surface area contributed by atoms with Crippen LogP contribution < -0.4 is 10.1 Å². The fraction of sp³-hybridized carbons (Fsp3) is 0.308. The molecule has 2 N–H and O–H groups in total. The van der Waals surface area contributed by atoms with Gasteiger partial charge in [0.2, 0.25) is 0 Å². The maximum Gasteiger partial charge on any atom is 0.133 e. The SMILES string of the molecule is COc1ccc(O)c(CNCc2cc(C)on2)c1. The Labute approximate surface area is 105 Å². The minimum absolute atomic E-state index is 0.250. The van der Waals surface area contributed by atoms with Crippen LogP contribution in [0, 0.1) is 6.92 Å². The Hall–Kier alpha value is -2.01. The second kappa shape index (κ2) is 5.55. The minimum Gasteiger partial charge on any atom is -0.508 e. The number of phenolic OH excluding ortho intramolecular Hbond substituents is 1. The normalized spacial score (nSPS) is 10.6. The molecule has 5 heteroatoms. The van der Waals surface area contributed by atoms with Crippen LogP contribution in [0.5, 0.6) is 11.5 Å². The van der Waals surface area contributed by atoms with E-state index in [1.165, 1.54) is 0 Å². The van der Waals surface area contributed by atoms with Crippen molar-refractivity contribution in [2.24, 2.45) is 0 Å². The molecule has 1 aromatic heterocycles. The number of aryl methyl sites for hydroxylation is 1. The van der Waals surface area contributed by atoms with E-state index in [4.69, 9.17) is 9.26 Å². The molecule has 2 aromatic rings. The van der Waals surface area contributed by atoms with Crippen LogP contribution in [-0.2, 0) is 13.1 Å². The molecule has 1 aromatic carbocycles. The molecular formula is C13H16N2O3. The number of benzene rings is 1. The Morgan fingerprint density at radius 2 is 2.17 bits per heavy atom. The minimum atomic E-state index is 0.250. The van der Waals surface area contributed by atoms with Gasteiger partial charge in [-0.25, -0.2) is 0 Å². The summed E-state index contributed by atoms with van der Waals surface area (Å²) in [6, 6.07) is 7.02. The molecule has 0 saturated carbocycles. The number of aromatic hydroxyl groups is 1. The molecule has 0 amide bonds. The molecule has 0 aliphatic rings. The third-order valence-electron chi connectivity index (χ3n) is 2.58. The highest BCUT2D eigenvalue weighted by Crippen LogP contribution is 2.22. The largest absolute Gasteiger partial charge is 0.508 e. The van der Waals surface area contributed by atoms with Crippen molar-refractivity contribution in [2.45, 2.75) is 20.0 Å². The summed E-state index contributed by atoms with van der Waals surface area (Å²) in [5.41, 5.74) is 1.63. The lowest BCUT2D eigenvalue weighted by atomic mass is 10.2. The van der Waals surface area contributed by atoms with Crippen molar-refractivity contribution in [1.29, 1.82) is 0 Å². The Balaban J connectivity index is 1.93. The number of phenols is 1. The van der Waals surface area contributed by atoms with Crippen molar-refractivity contribution < 1.29 is 14.4 Å². The summed E-state index contributed by atoms with van der Waals surface area (Å²) in [4.78, 5) is 0. The van der Waals surface area contributed by atoms with Crippen molar-refractivity contribution in [1.82, 2.24) is 10.5 Å². The molecule has 0 aliphatic carbocycles. The number of hydrogen-bond donors (Lipinski definition) is 2. The fourth-order valence-corrected chi connectivity index (χ4v) is 1.66. The van der Waals surface area contributed by atoms with Crippen molar-refractivity contribution in [3.8, 4) is 11.5 Å². The smallest absolute Gasteiger partial charge is 0.133 e. The van der Waals surface area contributed by atoms with Gasteiger partial charge in [0.1, 0.15) is 17.3 Å². The standard InChI is InChI=1S/C13H16N2O3/c1-9-5-11(15-18-9)8-14-7-10-6-12(17-2)3-4-13(10)16/h3-6,14,16H,7-8H2,1-2H3. The molecule has 0 unspecified atom stereocenters. The van der Waals surface area contributed by atoms with Crippen LogP contribution in [0.2, 0.25) is 0 Å². The maximum atomic E-state index is 9.70. The number of methoxy groups -OCH3 is 1. The van der Waals surface area contributed by atoms with Crippen molar-refractivity contribution in [2.75, 3.05) is 7.11 Å². The predicted octanol–water partition coefficient (Wildman–Crippen LogP) is 1.99. The van der Waals surface area contributed by atoms with Gasteiger partial charge in [-0.3, -0.25) is 0 Å². The highest BCUT2D eigenvalue weighted by atomic mass is 16.5. The topological polar surface area (TPSA) is 67.5 Å². The van der Waals surface area contributed by atoms with Gasteiger partial charge in [-0.2, -0.15) is 0 Å². The van der Waals surface area contributed by atoms with Crippen LogP contribution in [0.4, 0.5) is 0 Å². The first-order chi connectivity index (χ1) is 8.69. The number of nitrogens with one attached hydrogen (secondary N) is 1. The van der Waals surface area contributed by atoms with Gasteiger partial charge < -0.3 is 19.7 Å². The lowest BCUT2D eigenvalue weighted by molar-refractivity contribution is 0.387. The van der Waals surface area contributed by atoms with Gasteiger partial charge in [0.15, 0.2) is 0 Å². The highest BCUT2D eigenvalue weighted by Gasteiger charge is 2.04. The van der Waals surface area contributed by atoms with Gasteiger partial charge in [0.05, 0.1) is 12.8 Å². The van der Waals surface area contributed by atoms with Crippen LogP contribution in [0.3, 0.4) is 0 Å². The van der Waals surface area contributed by atoms with E-state index in [9.17, 15) is 5.11 Å². The average Bonchev–Trinajstić information content (AvgIpc) is 2.77. The Kier molecular flexibility index (Phi) is 3.84. The van der Waals surface area contributed by atoms with Crippen LogP contribution >= 0.6 is 0 Å². The van der Waals surface area contributed by atoms with Crippen LogP contribution in [-0.4, -0.2) is 17.4 Å². The first-order valence-electron chi connectivity index (χ1n) is 5.68. The quantitative estimate of drug-likeness (QED) is 0.847. The fourth-order valence-electron chi connectivity index (χ4n) is 1.66. The van der Waals surface area contributed by atoms with E-state index in [1.807, 2.05) is 13.0 Å². The van der Waals surface area contributed by atoms with Gasteiger partial charge in [-0.15, -0.1) is 0 Å². The average molecular weight is 248 g/mol. The molecule has 96 valence electrons. The van der Waals surface area contributed by atoms with Gasteiger partial charge in [-0.05, 0) is 25.1 Å². The van der Waals surface area contributed by atoms with Crippen molar-refractivity contribution in [3.05, 3.63) is 41.3 Å². The summed E-state index contributed by atoms with van der Waals surface area (Å²) in [6.07, 6.45) is 0. The zero-order chi connectivity index (χ0) is 13.0. The summed E-state index contributed by atoms with van der Waals surface area (Å²) >= 11 is 0. The summed E-state index contributed by atoms with van der Waals surface area (Å²) in [5.74, 6) is 1.76. The van der Waals surface area contributed by atoms with Gasteiger partial charge in [0.25, 0.3) is 0 Å². The molecule has 0 spiro atoms. The van der Waals surface area contributed by atoms with Crippen LogP contribution in [0.1, 0.15) is 17.0 Å². The van der Waals surface area contributed by atoms with Gasteiger partial charge in [0, 0.05) is 24.7 Å². The molecule has 0 atom stereocenters. The van der Waals surface area contributed by atoms with Crippen LogP contribution in [0.25, 0.3) is 0 Å². The lowest BCUT2D eigenvalue weighted by Crippen LogP contribution is -2.13. The van der Waals surface area contributed by atoms with E-state index in [0.717, 1.165) is 22.8 Å². The second-order valence-electron chi connectivity index (χ2n) is 4.03. The number of aromatic nitrogens is 1. The molecule has 2 rings (SSSR count). The first kappa shape index (κ1) is 12.4. The third kappa shape index (κ3) is 3.01. The number of ether oxygens (including phenoxy) is 1. The Morgan fingerprint density at radius 3 is 2.83 bits per heavy atom. The lowest BCUT2D eigenvalue weighted by Gasteiger charge is -2.07. The number of nitrogens with zero attached hydrogens (tertiary/aromatic N) is 1. The summed E-state index contributed by atoms with van der Waals surface area (Å²) in [7, 11) is 1.60. The van der Waals surface area contributed by atoms with Crippen LogP contribution in [0.15, 0.2) is 28.8 Å². The molecule has 0 fully saturated rings. The van der Waals surface area contributed by atoms with E-state index in [-0.39, 0.29) is 5.75 Å². The predicted molar refractivity (Wildman–Crippen MR) is 66.4 cm³/mol. The van der Waals surface area contributed by atoms with Gasteiger partial charge >= 0.3 is 0 Å². The number of hydrogen-bond acceptors (Lipinski definition) is 5. The first-order valence-corrected chi connectivity index (χ1v) is 5.68. The van der Waals surface area contributed by atoms with Crippen molar-refractivity contribution in [3.63, 3.8) is 0 Å². The summed E-state index contributed by atoms with van der Waals surface area (Å²) in [6.45, 7) is 2.98. The zero-order valence-corrected chi connectivity index (χ0v) is 10.4. The Bertz CT molecular complexity index is 523. The molecule has 5 nitrogen and oxygen atoms in total. The summed E-state index contributed by atoms with van der Waals surface area (Å²) < 4.78 is 10.1. The molecule has 0 radical (unpaired) electrons. The van der Waals surface area contributed by atoms with Crippen molar-refractivity contribution >= 4 is 0 Å². The Morgan fingerprint density at radius 1 is 1.33 bits per heavy atom. The summed E-state index contributed by atoms with van der Waals surface area (Å²) in [5, 5.41) is 16.8. The van der Waals surface area contributed by atoms with E-state index in [2.05, 4.69) is 10.5 Å². The van der Waals surface area contributed by atoms with E-state index in [1.54, 1.807) is 25.3 Å². The monoisotopic (exact) mass is 248 g/mol. The molecular weight excluding hydrogens is 232 g/mol. The third-order valence-corrected chi connectivity index (χ3v) is 2.58. The van der Waals surface area contributed by atoms with Gasteiger partial charge in [-0.1, -0.05) is 5.16 Å². The maximum absolute atomic E-state index is 9.70. The molecule has 1 heterocycles. The molecule has 0 aliphatic heterocycles. The zero-order valence-electron chi connectivity index (χ0n) is 10.4. The second-order valence-corrected chi connectivity index (χ2v) is 4.03. The number of rotatable bonds is 5. The van der Waals surface area contributed by atoms with E-state index in [0.29, 0.717) is 13.1 Å². The molecule has 18 heavy (non-hydrogen) atoms. The highest BCUT2D eigenvalue weighted by molar-refractivity contribution is 5.39. The van der Waals surface area contributed by atoms with E-state index >= 15 is 0 Å². The van der Waals surface area contributed by atoms with E-state index < -0.39 is 0 Å².